The van der Waals surface area contributed by atoms with Gasteiger partial charge in [0.15, 0.2) is 0 Å². The van der Waals surface area contributed by atoms with Gasteiger partial charge in [-0.05, 0) is 43.2 Å². The van der Waals surface area contributed by atoms with Gasteiger partial charge < -0.3 is 5.11 Å². The molecule has 0 aliphatic heterocycles. The van der Waals surface area contributed by atoms with Crippen molar-refractivity contribution in [2.75, 3.05) is 0 Å². The summed E-state index contributed by atoms with van der Waals surface area (Å²) in [6.07, 6.45) is 1.42. The van der Waals surface area contributed by atoms with Crippen molar-refractivity contribution in [1.29, 1.82) is 0 Å². The average molecular weight is 270 g/mol. The molecule has 0 atom stereocenters. The fraction of sp³-hybridized carbons (Fsp3) is 0.133. The molecular weight excluding hydrogens is 256 g/mol. The van der Waals surface area contributed by atoms with Gasteiger partial charge in [0, 0.05) is 23.9 Å². The summed E-state index contributed by atoms with van der Waals surface area (Å²) in [5.74, 6) is -0.0387. The Morgan fingerprint density at radius 2 is 1.90 bits per heavy atom. The van der Waals surface area contributed by atoms with Gasteiger partial charge in [0.25, 0.3) is 5.69 Å². The second-order valence-corrected chi connectivity index (χ2v) is 4.53. The Bertz CT molecular complexity index is 694. The first-order valence-corrected chi connectivity index (χ1v) is 6.06. The molecule has 0 unspecified atom stereocenters. The van der Waals surface area contributed by atoms with Crippen molar-refractivity contribution < 1.29 is 10.0 Å². The van der Waals surface area contributed by atoms with Gasteiger partial charge in [-0.1, -0.05) is 6.07 Å². The van der Waals surface area contributed by atoms with Crippen LogP contribution in [0.15, 0.2) is 41.4 Å². The third kappa shape index (κ3) is 3.00. The van der Waals surface area contributed by atoms with E-state index in [9.17, 15) is 15.2 Å². The molecule has 0 saturated heterocycles. The number of rotatable bonds is 3. The Morgan fingerprint density at radius 3 is 2.55 bits per heavy atom. The van der Waals surface area contributed by atoms with Gasteiger partial charge in [0.1, 0.15) is 5.75 Å². The molecule has 5 heteroatoms. The van der Waals surface area contributed by atoms with Crippen molar-refractivity contribution in [1.82, 2.24) is 0 Å². The minimum absolute atomic E-state index is 0.0387. The number of aliphatic imine (C=N–C) groups is 1. The summed E-state index contributed by atoms with van der Waals surface area (Å²) in [7, 11) is 0. The minimum Gasteiger partial charge on any atom is -0.507 e. The SMILES string of the molecule is Cc1ccc(N=Cc2cc([N+](=O)[O-])ccc2O)cc1C. The third-order valence-corrected chi connectivity index (χ3v) is 3.07. The summed E-state index contributed by atoms with van der Waals surface area (Å²) in [6.45, 7) is 3.99. The largest absolute Gasteiger partial charge is 0.507 e. The lowest BCUT2D eigenvalue weighted by atomic mass is 10.1. The number of nitrogens with zero attached hydrogens (tertiary/aromatic N) is 2. The molecule has 0 amide bonds. The molecule has 2 aromatic carbocycles. The monoisotopic (exact) mass is 270 g/mol. The second kappa shape index (κ2) is 5.52. The van der Waals surface area contributed by atoms with E-state index in [-0.39, 0.29) is 11.4 Å². The van der Waals surface area contributed by atoms with Crippen LogP contribution in [0, 0.1) is 24.0 Å². The van der Waals surface area contributed by atoms with E-state index in [0.29, 0.717) is 5.56 Å². The van der Waals surface area contributed by atoms with Crippen LogP contribution in [0.3, 0.4) is 0 Å². The molecule has 2 rings (SSSR count). The van der Waals surface area contributed by atoms with Gasteiger partial charge in [-0.3, -0.25) is 15.1 Å². The minimum atomic E-state index is -0.507. The molecule has 102 valence electrons. The Morgan fingerprint density at radius 1 is 1.15 bits per heavy atom. The molecule has 0 aromatic heterocycles. The van der Waals surface area contributed by atoms with E-state index in [1.807, 2.05) is 32.0 Å². The Kier molecular flexibility index (Phi) is 3.79. The molecule has 5 nitrogen and oxygen atoms in total. The van der Waals surface area contributed by atoms with Crippen LogP contribution in [0.5, 0.6) is 5.75 Å². The quantitative estimate of drug-likeness (QED) is 0.525. The van der Waals surface area contributed by atoms with Crippen LogP contribution in [0.25, 0.3) is 0 Å². The standard InChI is InChI=1S/C15H14N2O3/c1-10-3-4-13(7-11(10)2)16-9-12-8-14(17(19)20)5-6-15(12)18/h3-9,18H,1-2H3. The van der Waals surface area contributed by atoms with E-state index in [2.05, 4.69) is 4.99 Å². The highest BCUT2D eigenvalue weighted by atomic mass is 16.6. The Hall–Kier alpha value is -2.69. The zero-order chi connectivity index (χ0) is 14.7. The first kappa shape index (κ1) is 13.7. The van der Waals surface area contributed by atoms with Crippen molar-refractivity contribution >= 4 is 17.6 Å². The van der Waals surface area contributed by atoms with Crippen LogP contribution >= 0.6 is 0 Å². The number of hydrogen-bond acceptors (Lipinski definition) is 4. The highest BCUT2D eigenvalue weighted by Gasteiger charge is 2.08. The van der Waals surface area contributed by atoms with Gasteiger partial charge >= 0.3 is 0 Å². The topological polar surface area (TPSA) is 75.7 Å². The molecule has 2 aromatic rings. The lowest BCUT2D eigenvalue weighted by Gasteiger charge is -2.01. The van der Waals surface area contributed by atoms with Gasteiger partial charge in [-0.15, -0.1) is 0 Å². The maximum absolute atomic E-state index is 10.7. The average Bonchev–Trinajstić information content (AvgIpc) is 2.41. The zero-order valence-corrected chi connectivity index (χ0v) is 11.2. The molecule has 0 bridgehead atoms. The summed E-state index contributed by atoms with van der Waals surface area (Å²) in [4.78, 5) is 14.4. The van der Waals surface area contributed by atoms with Gasteiger partial charge in [0.05, 0.1) is 10.6 Å². The van der Waals surface area contributed by atoms with Gasteiger partial charge in [-0.25, -0.2) is 0 Å². The number of phenolic OH excluding ortho intramolecular Hbond substituents is 1. The van der Waals surface area contributed by atoms with Crippen LogP contribution in [0.2, 0.25) is 0 Å². The van der Waals surface area contributed by atoms with Gasteiger partial charge in [0.2, 0.25) is 0 Å². The predicted octanol–water partition coefficient (Wildman–Crippen LogP) is 3.67. The van der Waals surface area contributed by atoms with E-state index in [1.165, 1.54) is 30.0 Å². The van der Waals surface area contributed by atoms with Crippen LogP contribution in [-0.2, 0) is 0 Å². The van der Waals surface area contributed by atoms with Crippen molar-refractivity contribution in [3.63, 3.8) is 0 Å². The number of non-ortho nitro benzene ring substituents is 1. The normalized spacial score (nSPS) is 10.9. The number of aryl methyl sites for hydroxylation is 2. The first-order valence-electron chi connectivity index (χ1n) is 6.06. The van der Waals surface area contributed by atoms with E-state index >= 15 is 0 Å². The second-order valence-electron chi connectivity index (χ2n) is 4.53. The summed E-state index contributed by atoms with van der Waals surface area (Å²) in [5, 5.41) is 20.4. The van der Waals surface area contributed by atoms with E-state index in [4.69, 9.17) is 0 Å². The zero-order valence-electron chi connectivity index (χ0n) is 11.2. The molecule has 0 aliphatic rings. The van der Waals surface area contributed by atoms with Crippen LogP contribution < -0.4 is 0 Å². The van der Waals surface area contributed by atoms with Crippen LogP contribution in [0.1, 0.15) is 16.7 Å². The van der Waals surface area contributed by atoms with Gasteiger partial charge in [-0.2, -0.15) is 0 Å². The molecule has 0 saturated carbocycles. The molecule has 0 heterocycles. The number of nitro benzene ring substituents is 1. The molecule has 0 spiro atoms. The van der Waals surface area contributed by atoms with Crippen molar-refractivity contribution in [3.05, 3.63) is 63.2 Å². The fourth-order valence-corrected chi connectivity index (χ4v) is 1.71. The molecule has 0 radical (unpaired) electrons. The van der Waals surface area contributed by atoms with E-state index in [1.54, 1.807) is 0 Å². The van der Waals surface area contributed by atoms with Crippen LogP contribution in [-0.4, -0.2) is 16.2 Å². The number of aromatic hydroxyl groups is 1. The summed E-state index contributed by atoms with van der Waals surface area (Å²) < 4.78 is 0. The molecule has 1 N–H and O–H groups in total. The maximum Gasteiger partial charge on any atom is 0.270 e. The lowest BCUT2D eigenvalue weighted by Crippen LogP contribution is -1.90. The number of phenols is 1. The highest BCUT2D eigenvalue weighted by molar-refractivity contribution is 5.86. The van der Waals surface area contributed by atoms with Crippen molar-refractivity contribution in [3.8, 4) is 5.75 Å². The van der Waals surface area contributed by atoms with E-state index < -0.39 is 4.92 Å². The molecule has 0 fully saturated rings. The third-order valence-electron chi connectivity index (χ3n) is 3.07. The van der Waals surface area contributed by atoms with Crippen molar-refractivity contribution in [2.45, 2.75) is 13.8 Å². The smallest absolute Gasteiger partial charge is 0.270 e. The summed E-state index contributed by atoms with van der Waals surface area (Å²) in [6, 6.07) is 9.56. The predicted molar refractivity (Wildman–Crippen MR) is 77.9 cm³/mol. The fourth-order valence-electron chi connectivity index (χ4n) is 1.71. The Labute approximate surface area is 116 Å². The molecule has 20 heavy (non-hydrogen) atoms. The summed E-state index contributed by atoms with van der Waals surface area (Å²) in [5.41, 5.74) is 3.26. The molecular formula is C15H14N2O3. The molecule has 0 aliphatic carbocycles. The van der Waals surface area contributed by atoms with Crippen molar-refractivity contribution in [2.24, 2.45) is 4.99 Å². The number of benzene rings is 2. The highest BCUT2D eigenvalue weighted by Crippen LogP contribution is 2.23. The lowest BCUT2D eigenvalue weighted by molar-refractivity contribution is -0.384. The summed E-state index contributed by atoms with van der Waals surface area (Å²) >= 11 is 0. The first-order chi connectivity index (χ1) is 9.47. The Balaban J connectivity index is 2.33. The maximum atomic E-state index is 10.7. The number of nitro groups is 1. The number of hydrogen-bond donors (Lipinski definition) is 1. The van der Waals surface area contributed by atoms with Crippen LogP contribution in [0.4, 0.5) is 11.4 Å². The van der Waals surface area contributed by atoms with E-state index in [0.717, 1.165) is 11.3 Å².